The summed E-state index contributed by atoms with van der Waals surface area (Å²) in [7, 11) is 0. The number of carboxylic acids is 1. The summed E-state index contributed by atoms with van der Waals surface area (Å²) in [5, 5.41) is 10.6. The molecule has 1 N–H and O–H groups in total. The molecule has 5 heteroatoms. The van der Waals surface area contributed by atoms with Gasteiger partial charge in [-0.25, -0.2) is 0 Å². The molecule has 0 amide bonds. The molecule has 0 aromatic carbocycles. The number of fused-ring (bicyclic) bond motifs is 7. The molecule has 206 valence electrons. The SMILES string of the molecule is C[C@@H]1C2C3=CC(=O)C4[C@@]5(C)CC[C@H](COC=O)C(C)(C(=O)O)C5CC[C@@]4(C)[C@@]3(C)CC[C@@]2(C)CC[C@@H]1C. The highest BCUT2D eigenvalue weighted by atomic mass is 16.5. The third-order valence-electron chi connectivity index (χ3n) is 13.8. The molecule has 5 rings (SSSR count). The molecule has 4 fully saturated rings. The van der Waals surface area contributed by atoms with Crippen molar-refractivity contribution in [2.24, 2.45) is 62.6 Å². The minimum absolute atomic E-state index is 0.0494. The minimum Gasteiger partial charge on any atom is -0.481 e. The molecule has 4 unspecified atom stereocenters. The Kier molecular flexibility index (Phi) is 6.13. The maximum Gasteiger partial charge on any atom is 0.310 e. The number of hydrogen-bond acceptors (Lipinski definition) is 4. The van der Waals surface area contributed by atoms with E-state index in [4.69, 9.17) is 4.74 Å². The molecule has 0 aliphatic heterocycles. The molecule has 0 aromatic heterocycles. The van der Waals surface area contributed by atoms with Crippen LogP contribution in [0, 0.1) is 62.6 Å². The lowest BCUT2D eigenvalue weighted by Crippen LogP contribution is -2.67. The lowest BCUT2D eigenvalue weighted by molar-refractivity contribution is -0.210. The van der Waals surface area contributed by atoms with Crippen LogP contribution in [0.5, 0.6) is 0 Å². The van der Waals surface area contributed by atoms with Crippen LogP contribution >= 0.6 is 0 Å². The number of hydrogen-bond donors (Lipinski definition) is 1. The van der Waals surface area contributed by atoms with E-state index in [1.807, 2.05) is 6.92 Å². The molecule has 4 saturated carbocycles. The van der Waals surface area contributed by atoms with Crippen LogP contribution in [0.3, 0.4) is 0 Å². The van der Waals surface area contributed by atoms with E-state index >= 15 is 0 Å². The predicted octanol–water partition coefficient (Wildman–Crippen LogP) is 6.70. The first kappa shape index (κ1) is 26.9. The summed E-state index contributed by atoms with van der Waals surface area (Å²) < 4.78 is 5.12. The standard InChI is InChI=1S/C32H48O5/c1-19-8-11-28(3)14-15-30(5)22(25(28)20(19)2)16-23(34)26-29(4)12-9-21(17-37-18-33)32(7,27(35)36)24(29)10-13-31(26,30)6/h16,18-21,24-26H,8-15,17H2,1-7H3,(H,35,36)/t19-,20-,21+,24?,25?,26?,28+,29-,30-,31+,32?/m0/s1. The summed E-state index contributed by atoms with van der Waals surface area (Å²) in [4.78, 5) is 38.2. The quantitative estimate of drug-likeness (QED) is 0.424. The van der Waals surface area contributed by atoms with Crippen LogP contribution < -0.4 is 0 Å². The van der Waals surface area contributed by atoms with Crippen molar-refractivity contribution in [2.75, 3.05) is 6.61 Å². The zero-order valence-electron chi connectivity index (χ0n) is 24.1. The number of carbonyl (C=O) groups is 3. The monoisotopic (exact) mass is 512 g/mol. The molecule has 5 nitrogen and oxygen atoms in total. The average Bonchev–Trinajstić information content (AvgIpc) is 2.82. The second-order valence-corrected chi connectivity index (χ2v) is 15.0. The first-order chi connectivity index (χ1) is 17.2. The van der Waals surface area contributed by atoms with E-state index < -0.39 is 16.8 Å². The zero-order chi connectivity index (χ0) is 27.2. The number of ether oxygens (including phenoxy) is 1. The Bertz CT molecular complexity index is 1030. The van der Waals surface area contributed by atoms with E-state index in [-0.39, 0.29) is 46.4 Å². The number of rotatable bonds is 4. The Labute approximate surface area is 223 Å². The van der Waals surface area contributed by atoms with E-state index in [2.05, 4.69) is 47.6 Å². The maximum atomic E-state index is 14.4. The van der Waals surface area contributed by atoms with Gasteiger partial charge >= 0.3 is 5.97 Å². The predicted molar refractivity (Wildman–Crippen MR) is 143 cm³/mol. The molecule has 5 aliphatic rings. The van der Waals surface area contributed by atoms with Gasteiger partial charge in [0.25, 0.3) is 6.47 Å². The lowest BCUT2D eigenvalue weighted by atomic mass is 9.32. The molecule has 0 aromatic rings. The van der Waals surface area contributed by atoms with E-state index in [0.29, 0.717) is 30.6 Å². The first-order valence-corrected chi connectivity index (χ1v) is 14.8. The van der Waals surface area contributed by atoms with Crippen molar-refractivity contribution in [3.05, 3.63) is 11.6 Å². The van der Waals surface area contributed by atoms with Crippen molar-refractivity contribution in [1.29, 1.82) is 0 Å². The van der Waals surface area contributed by atoms with E-state index in [1.165, 1.54) is 24.8 Å². The zero-order valence-corrected chi connectivity index (χ0v) is 24.1. The van der Waals surface area contributed by atoms with Crippen molar-refractivity contribution in [2.45, 2.75) is 99.8 Å². The van der Waals surface area contributed by atoms with Gasteiger partial charge in [-0.05, 0) is 110 Å². The van der Waals surface area contributed by atoms with Gasteiger partial charge in [-0.15, -0.1) is 0 Å². The average molecular weight is 513 g/mol. The van der Waals surface area contributed by atoms with Gasteiger partial charge in [-0.2, -0.15) is 0 Å². The summed E-state index contributed by atoms with van der Waals surface area (Å²) >= 11 is 0. The van der Waals surface area contributed by atoms with Gasteiger partial charge in [0, 0.05) is 11.8 Å². The largest absolute Gasteiger partial charge is 0.481 e. The highest BCUT2D eigenvalue weighted by Crippen LogP contribution is 2.75. The smallest absolute Gasteiger partial charge is 0.310 e. The van der Waals surface area contributed by atoms with Crippen LogP contribution in [0.1, 0.15) is 99.8 Å². The van der Waals surface area contributed by atoms with Crippen molar-refractivity contribution in [3.63, 3.8) is 0 Å². The number of carbonyl (C=O) groups excluding carboxylic acids is 2. The van der Waals surface area contributed by atoms with Gasteiger partial charge in [0.1, 0.15) is 0 Å². The highest BCUT2D eigenvalue weighted by molar-refractivity contribution is 5.96. The molecular weight excluding hydrogens is 464 g/mol. The van der Waals surface area contributed by atoms with Gasteiger partial charge < -0.3 is 9.84 Å². The molecule has 0 saturated heterocycles. The molecule has 37 heavy (non-hydrogen) atoms. The third kappa shape index (κ3) is 3.30. The Morgan fingerprint density at radius 3 is 2.38 bits per heavy atom. The number of aliphatic carboxylic acids is 1. The van der Waals surface area contributed by atoms with Crippen molar-refractivity contribution >= 4 is 18.2 Å². The Morgan fingerprint density at radius 1 is 1.03 bits per heavy atom. The Hall–Kier alpha value is -1.65. The summed E-state index contributed by atoms with van der Waals surface area (Å²) in [5.74, 6) is 0.543. The van der Waals surface area contributed by atoms with Crippen molar-refractivity contribution < 1.29 is 24.2 Å². The van der Waals surface area contributed by atoms with Crippen LogP contribution in [-0.2, 0) is 19.1 Å². The summed E-state index contributed by atoms with van der Waals surface area (Å²) in [6.07, 6.45) is 10.0. The Morgan fingerprint density at radius 2 is 1.73 bits per heavy atom. The van der Waals surface area contributed by atoms with Gasteiger partial charge in [0.15, 0.2) is 5.78 Å². The molecule has 0 radical (unpaired) electrons. The van der Waals surface area contributed by atoms with E-state index in [0.717, 1.165) is 25.7 Å². The van der Waals surface area contributed by atoms with Crippen molar-refractivity contribution in [1.82, 2.24) is 0 Å². The van der Waals surface area contributed by atoms with Gasteiger partial charge in [0.05, 0.1) is 12.0 Å². The van der Waals surface area contributed by atoms with Crippen LogP contribution in [0.25, 0.3) is 0 Å². The van der Waals surface area contributed by atoms with Crippen LogP contribution in [0.15, 0.2) is 11.6 Å². The van der Waals surface area contributed by atoms with Crippen molar-refractivity contribution in [3.8, 4) is 0 Å². The number of allylic oxidation sites excluding steroid dienone is 2. The molecule has 0 spiro atoms. The number of ketones is 1. The Balaban J connectivity index is 1.61. The second kappa shape index (κ2) is 8.42. The number of carboxylic acid groups (broad SMARTS) is 1. The van der Waals surface area contributed by atoms with Gasteiger partial charge in [-0.3, -0.25) is 14.4 Å². The molecule has 5 aliphatic carbocycles. The summed E-state index contributed by atoms with van der Waals surface area (Å²) in [6, 6.07) is 0. The molecular formula is C32H48O5. The molecule has 11 atom stereocenters. The normalized spacial score (nSPS) is 53.1. The second-order valence-electron chi connectivity index (χ2n) is 15.0. The van der Waals surface area contributed by atoms with Crippen LogP contribution in [-0.4, -0.2) is 29.9 Å². The fourth-order valence-corrected chi connectivity index (χ4v) is 11.2. The molecule has 0 heterocycles. The highest BCUT2D eigenvalue weighted by Gasteiger charge is 2.71. The summed E-state index contributed by atoms with van der Waals surface area (Å²) in [6.45, 7) is 16.7. The fourth-order valence-electron chi connectivity index (χ4n) is 11.2. The van der Waals surface area contributed by atoms with E-state index in [1.54, 1.807) is 0 Å². The van der Waals surface area contributed by atoms with E-state index in [9.17, 15) is 19.5 Å². The minimum atomic E-state index is -1.03. The summed E-state index contributed by atoms with van der Waals surface area (Å²) in [5.41, 5.74) is 0.0204. The first-order valence-electron chi connectivity index (χ1n) is 14.8. The third-order valence-corrected chi connectivity index (χ3v) is 13.8. The van der Waals surface area contributed by atoms with Gasteiger partial charge in [-0.1, -0.05) is 47.1 Å². The fraction of sp³-hybridized carbons (Fsp3) is 0.844. The van der Waals surface area contributed by atoms with Gasteiger partial charge in [0.2, 0.25) is 0 Å². The van der Waals surface area contributed by atoms with Crippen LogP contribution in [0.2, 0.25) is 0 Å². The lowest BCUT2D eigenvalue weighted by Gasteiger charge is -2.70. The molecule has 0 bridgehead atoms. The topological polar surface area (TPSA) is 80.7 Å². The maximum absolute atomic E-state index is 14.4. The van der Waals surface area contributed by atoms with Crippen LogP contribution in [0.4, 0.5) is 0 Å².